The number of nitrogens with one attached hydrogen (secondary N) is 1. The standard InChI is InChI=1S/C15H15BN2O5S/c19-12(4-5-13-17-6-7-24-13)18-11-8-9-2-1-3-10(15(20)21)14(9)23-16(11)22/h1-3,6-7,11,22H,4-5,8H2,(H,18,19)(H,20,21)/t11-/m0/s1. The third-order valence-electron chi connectivity index (χ3n) is 3.75. The fraction of sp³-hybridized carbons (Fsp3) is 0.267. The Morgan fingerprint density at radius 1 is 1.46 bits per heavy atom. The quantitative estimate of drug-likeness (QED) is 0.695. The van der Waals surface area contributed by atoms with Crippen LogP contribution in [0.15, 0.2) is 29.8 Å². The Bertz CT molecular complexity index is 752. The molecular formula is C15H15BN2O5S. The normalized spacial score (nSPS) is 16.2. The molecule has 2 aromatic rings. The summed E-state index contributed by atoms with van der Waals surface area (Å²) in [6.45, 7) is 0. The molecule has 1 atom stereocenters. The number of aromatic carboxylic acids is 1. The lowest BCUT2D eigenvalue weighted by Gasteiger charge is -2.28. The zero-order valence-electron chi connectivity index (χ0n) is 12.6. The Morgan fingerprint density at radius 2 is 2.29 bits per heavy atom. The highest BCUT2D eigenvalue weighted by Crippen LogP contribution is 2.30. The van der Waals surface area contributed by atoms with Crippen LogP contribution in [-0.4, -0.2) is 40.1 Å². The molecule has 7 nitrogen and oxygen atoms in total. The monoisotopic (exact) mass is 346 g/mol. The molecule has 2 heterocycles. The van der Waals surface area contributed by atoms with Crippen LogP contribution in [0.25, 0.3) is 0 Å². The number of carbonyl (C=O) groups excluding carboxylic acids is 1. The second-order valence-corrected chi connectivity index (χ2v) is 6.39. The molecule has 1 amide bonds. The summed E-state index contributed by atoms with van der Waals surface area (Å²) in [5.74, 6) is -1.79. The van der Waals surface area contributed by atoms with Gasteiger partial charge in [-0.25, -0.2) is 9.78 Å². The fourth-order valence-electron chi connectivity index (χ4n) is 2.59. The van der Waals surface area contributed by atoms with Gasteiger partial charge < -0.3 is 20.1 Å². The molecule has 0 fully saturated rings. The van der Waals surface area contributed by atoms with E-state index in [1.54, 1.807) is 18.3 Å². The molecule has 0 saturated carbocycles. The van der Waals surface area contributed by atoms with Crippen LogP contribution < -0.4 is 9.97 Å². The molecule has 1 aliphatic rings. The van der Waals surface area contributed by atoms with Crippen LogP contribution in [0, 0.1) is 0 Å². The summed E-state index contributed by atoms with van der Waals surface area (Å²) in [4.78, 5) is 27.4. The molecule has 0 unspecified atom stereocenters. The van der Waals surface area contributed by atoms with E-state index in [2.05, 4.69) is 10.3 Å². The number of carbonyl (C=O) groups is 2. The van der Waals surface area contributed by atoms with E-state index >= 15 is 0 Å². The number of rotatable bonds is 5. The second kappa shape index (κ2) is 7.02. The Labute approximate surface area is 142 Å². The zero-order valence-corrected chi connectivity index (χ0v) is 13.5. The predicted octanol–water partition coefficient (Wildman–Crippen LogP) is 0.914. The molecule has 1 aromatic carbocycles. The molecule has 3 rings (SSSR count). The minimum atomic E-state index is -1.29. The molecule has 0 radical (unpaired) electrons. The van der Waals surface area contributed by atoms with Crippen LogP contribution in [0.5, 0.6) is 5.75 Å². The minimum absolute atomic E-state index is 0.0000892. The zero-order chi connectivity index (χ0) is 17.1. The summed E-state index contributed by atoms with van der Waals surface area (Å²) in [5.41, 5.74) is 0.644. The summed E-state index contributed by atoms with van der Waals surface area (Å²) >= 11 is 1.49. The van der Waals surface area contributed by atoms with Crippen molar-refractivity contribution in [3.8, 4) is 5.75 Å². The van der Waals surface area contributed by atoms with E-state index in [1.165, 1.54) is 17.4 Å². The van der Waals surface area contributed by atoms with Gasteiger partial charge in [-0.05, 0) is 18.1 Å². The summed E-state index contributed by atoms with van der Waals surface area (Å²) in [7, 11) is -1.29. The summed E-state index contributed by atoms with van der Waals surface area (Å²) < 4.78 is 5.34. The van der Waals surface area contributed by atoms with Gasteiger partial charge in [0.1, 0.15) is 5.75 Å². The van der Waals surface area contributed by atoms with Crippen molar-refractivity contribution < 1.29 is 24.4 Å². The van der Waals surface area contributed by atoms with Crippen molar-refractivity contribution in [1.82, 2.24) is 10.3 Å². The molecule has 9 heteroatoms. The summed E-state index contributed by atoms with van der Waals surface area (Å²) in [6.07, 6.45) is 2.79. The van der Waals surface area contributed by atoms with E-state index in [9.17, 15) is 14.6 Å². The van der Waals surface area contributed by atoms with Gasteiger partial charge in [-0.3, -0.25) is 4.79 Å². The van der Waals surface area contributed by atoms with E-state index < -0.39 is 19.0 Å². The Hall–Kier alpha value is -2.39. The number of hydrogen-bond acceptors (Lipinski definition) is 6. The molecule has 124 valence electrons. The van der Waals surface area contributed by atoms with Gasteiger partial charge in [0, 0.05) is 24.4 Å². The van der Waals surface area contributed by atoms with Gasteiger partial charge in [0.05, 0.1) is 16.5 Å². The van der Waals surface area contributed by atoms with Gasteiger partial charge in [-0.15, -0.1) is 11.3 Å². The van der Waals surface area contributed by atoms with Gasteiger partial charge in [0.25, 0.3) is 0 Å². The Morgan fingerprint density at radius 3 is 3.00 bits per heavy atom. The highest BCUT2D eigenvalue weighted by molar-refractivity contribution is 7.09. The van der Waals surface area contributed by atoms with E-state index in [0.29, 0.717) is 18.4 Å². The predicted molar refractivity (Wildman–Crippen MR) is 88.1 cm³/mol. The number of thiazole rings is 1. The maximum Gasteiger partial charge on any atom is 0.547 e. The van der Waals surface area contributed by atoms with Crippen molar-refractivity contribution in [3.63, 3.8) is 0 Å². The Kier molecular flexibility index (Phi) is 4.82. The van der Waals surface area contributed by atoms with Crippen LogP contribution in [0.2, 0.25) is 0 Å². The van der Waals surface area contributed by atoms with E-state index in [4.69, 9.17) is 9.76 Å². The maximum atomic E-state index is 12.0. The number of carboxylic acid groups (broad SMARTS) is 1. The summed E-state index contributed by atoms with van der Waals surface area (Å²) in [5, 5.41) is 24.7. The maximum absolute atomic E-state index is 12.0. The number of nitrogens with zero attached hydrogens (tertiary/aromatic N) is 1. The van der Waals surface area contributed by atoms with Gasteiger partial charge in [0.15, 0.2) is 0 Å². The van der Waals surface area contributed by atoms with Crippen molar-refractivity contribution in [2.45, 2.75) is 25.2 Å². The van der Waals surface area contributed by atoms with E-state index in [1.807, 2.05) is 5.38 Å². The smallest absolute Gasteiger partial charge is 0.534 e. The molecule has 0 bridgehead atoms. The number of fused-ring (bicyclic) bond motifs is 1. The number of hydrogen-bond donors (Lipinski definition) is 3. The molecule has 0 aliphatic carbocycles. The SMILES string of the molecule is O=C(CCc1nccs1)N[C@H]1Cc2cccc(C(=O)O)c2OB1O. The molecular weight excluding hydrogens is 331 g/mol. The average Bonchev–Trinajstić information content (AvgIpc) is 3.06. The number of aromatic nitrogens is 1. The lowest BCUT2D eigenvalue weighted by atomic mass is 9.72. The first-order chi connectivity index (χ1) is 11.5. The first-order valence-electron chi connectivity index (χ1n) is 7.42. The number of para-hydroxylation sites is 1. The third-order valence-corrected chi connectivity index (χ3v) is 4.58. The largest absolute Gasteiger partial charge is 0.547 e. The third kappa shape index (κ3) is 3.57. The second-order valence-electron chi connectivity index (χ2n) is 5.41. The fourth-order valence-corrected chi connectivity index (χ4v) is 3.21. The van der Waals surface area contributed by atoms with E-state index in [0.717, 1.165) is 5.01 Å². The van der Waals surface area contributed by atoms with Crippen molar-refractivity contribution in [3.05, 3.63) is 45.9 Å². The highest BCUT2D eigenvalue weighted by atomic mass is 32.1. The van der Waals surface area contributed by atoms with Crippen molar-refractivity contribution in [2.24, 2.45) is 0 Å². The van der Waals surface area contributed by atoms with Gasteiger partial charge in [-0.2, -0.15) is 0 Å². The highest BCUT2D eigenvalue weighted by Gasteiger charge is 2.37. The molecule has 0 saturated heterocycles. The summed E-state index contributed by atoms with van der Waals surface area (Å²) in [6, 6.07) is 4.76. The van der Waals surface area contributed by atoms with Gasteiger partial charge >= 0.3 is 13.1 Å². The van der Waals surface area contributed by atoms with Crippen LogP contribution in [0.1, 0.15) is 27.3 Å². The van der Waals surface area contributed by atoms with Crippen LogP contribution in [0.3, 0.4) is 0 Å². The number of benzene rings is 1. The van der Waals surface area contributed by atoms with Gasteiger partial charge in [0.2, 0.25) is 5.91 Å². The molecule has 0 spiro atoms. The first-order valence-corrected chi connectivity index (χ1v) is 8.30. The molecule has 3 N–H and O–H groups in total. The number of aryl methyl sites for hydroxylation is 1. The minimum Gasteiger partial charge on any atom is -0.534 e. The van der Waals surface area contributed by atoms with Crippen molar-refractivity contribution in [2.75, 3.05) is 0 Å². The van der Waals surface area contributed by atoms with Crippen LogP contribution in [0.4, 0.5) is 0 Å². The van der Waals surface area contributed by atoms with Crippen LogP contribution >= 0.6 is 11.3 Å². The number of carboxylic acids is 1. The van der Waals surface area contributed by atoms with Crippen LogP contribution in [-0.2, 0) is 17.6 Å². The number of amides is 1. The Balaban J connectivity index is 1.64. The van der Waals surface area contributed by atoms with E-state index in [-0.39, 0.29) is 23.6 Å². The lowest BCUT2D eigenvalue weighted by Crippen LogP contribution is -2.53. The topological polar surface area (TPSA) is 109 Å². The lowest BCUT2D eigenvalue weighted by molar-refractivity contribution is -0.121. The van der Waals surface area contributed by atoms with Crippen molar-refractivity contribution >= 4 is 30.3 Å². The molecule has 24 heavy (non-hydrogen) atoms. The first kappa shape index (κ1) is 16.5. The average molecular weight is 346 g/mol. The van der Waals surface area contributed by atoms with Crippen molar-refractivity contribution in [1.29, 1.82) is 0 Å². The van der Waals surface area contributed by atoms with Gasteiger partial charge in [-0.1, -0.05) is 12.1 Å². The molecule has 1 aromatic heterocycles. The molecule has 1 aliphatic heterocycles.